The van der Waals surface area contributed by atoms with Crippen molar-refractivity contribution in [2.45, 2.75) is 24.3 Å². The average molecular weight is 488 g/mol. The van der Waals surface area contributed by atoms with Crippen molar-refractivity contribution in [2.24, 2.45) is 11.8 Å². The number of benzene rings is 2. The predicted molar refractivity (Wildman–Crippen MR) is 121 cm³/mol. The van der Waals surface area contributed by atoms with Gasteiger partial charge in [-0.2, -0.15) is 0 Å². The van der Waals surface area contributed by atoms with Crippen molar-refractivity contribution in [1.29, 1.82) is 0 Å². The van der Waals surface area contributed by atoms with E-state index in [1.54, 1.807) is 0 Å². The quantitative estimate of drug-likeness (QED) is 0.500. The van der Waals surface area contributed by atoms with Crippen LogP contribution in [0.1, 0.15) is 24.0 Å². The highest BCUT2D eigenvalue weighted by atomic mass is 19.3. The summed E-state index contributed by atoms with van der Waals surface area (Å²) in [6.07, 6.45) is -0.872. The molecule has 186 valence electrons. The summed E-state index contributed by atoms with van der Waals surface area (Å²) in [5, 5.41) is 13.7. The van der Waals surface area contributed by atoms with E-state index in [1.807, 2.05) is 48.5 Å². The Morgan fingerprint density at radius 2 is 1.63 bits per heavy atom. The summed E-state index contributed by atoms with van der Waals surface area (Å²) in [6.45, 7) is 0.310. The first-order chi connectivity index (χ1) is 16.6. The van der Waals surface area contributed by atoms with E-state index in [0.717, 1.165) is 22.3 Å². The number of fused-ring (bicyclic) bond motifs is 3. The number of amides is 2. The molecule has 1 saturated carbocycles. The number of hydrogen-bond acceptors (Lipinski definition) is 5. The number of alkyl halides is 2. The predicted octanol–water partition coefficient (Wildman–Crippen LogP) is 3.01. The van der Waals surface area contributed by atoms with Crippen LogP contribution in [0, 0.1) is 11.8 Å². The molecule has 0 aliphatic heterocycles. The smallest absolute Gasteiger partial charge is 0.407 e. The maximum Gasteiger partial charge on any atom is 0.407 e. The minimum absolute atomic E-state index is 0.0266. The first kappa shape index (κ1) is 24.6. The molecule has 3 atom stereocenters. The van der Waals surface area contributed by atoms with Crippen LogP contribution in [-0.2, 0) is 19.1 Å². The number of hydrogen-bond donors (Lipinski definition) is 3. The van der Waals surface area contributed by atoms with Crippen LogP contribution in [0.15, 0.2) is 48.5 Å². The summed E-state index contributed by atoms with van der Waals surface area (Å²) in [6, 6.07) is 15.6. The van der Waals surface area contributed by atoms with E-state index < -0.39 is 54.4 Å². The van der Waals surface area contributed by atoms with Gasteiger partial charge in [0.1, 0.15) is 12.5 Å². The second kappa shape index (κ2) is 9.26. The molecule has 1 unspecified atom stereocenters. The van der Waals surface area contributed by atoms with Gasteiger partial charge in [-0.15, -0.1) is 0 Å². The minimum atomic E-state index is -3.38. The molecule has 1 fully saturated rings. The zero-order chi connectivity index (χ0) is 25.4. The number of carbonyl (C=O) groups excluding carboxylic acids is 2. The van der Waals surface area contributed by atoms with Crippen LogP contribution in [-0.4, -0.2) is 61.4 Å². The number of nitrogens with one attached hydrogen (secondary N) is 2. The van der Waals surface area contributed by atoms with Crippen molar-refractivity contribution in [1.82, 2.24) is 10.6 Å². The number of methoxy groups -OCH3 is 1. The minimum Gasteiger partial charge on any atom is -0.479 e. The van der Waals surface area contributed by atoms with Gasteiger partial charge in [0.25, 0.3) is 5.92 Å². The highest BCUT2D eigenvalue weighted by molar-refractivity contribution is 5.90. The van der Waals surface area contributed by atoms with Crippen LogP contribution in [0.2, 0.25) is 0 Å². The summed E-state index contributed by atoms with van der Waals surface area (Å²) in [4.78, 5) is 36.1. The molecule has 4 rings (SSSR count). The van der Waals surface area contributed by atoms with Gasteiger partial charge >= 0.3 is 12.1 Å². The molecule has 2 aromatic carbocycles. The number of rotatable bonds is 9. The van der Waals surface area contributed by atoms with E-state index in [9.17, 15) is 28.3 Å². The largest absolute Gasteiger partial charge is 0.479 e. The Morgan fingerprint density at radius 1 is 1.06 bits per heavy atom. The molecule has 0 spiro atoms. The molecule has 0 heterocycles. The summed E-state index contributed by atoms with van der Waals surface area (Å²) < 4.78 is 38.6. The summed E-state index contributed by atoms with van der Waals surface area (Å²) in [7, 11) is 1.24. The van der Waals surface area contributed by atoms with Crippen molar-refractivity contribution >= 4 is 18.0 Å². The number of alkyl carbamates (subject to hydrolysis) is 1. The molecule has 2 aromatic rings. The van der Waals surface area contributed by atoms with Gasteiger partial charge in [0.2, 0.25) is 5.91 Å². The van der Waals surface area contributed by atoms with E-state index in [4.69, 9.17) is 9.47 Å². The fourth-order valence-corrected chi connectivity index (χ4v) is 4.63. The number of aliphatic carboxylic acids is 1. The monoisotopic (exact) mass is 488 g/mol. The van der Waals surface area contributed by atoms with Crippen molar-refractivity contribution < 1.29 is 37.7 Å². The lowest BCUT2D eigenvalue weighted by atomic mass is 9.98. The molecule has 8 nitrogen and oxygen atoms in total. The Kier molecular flexibility index (Phi) is 6.50. The van der Waals surface area contributed by atoms with Crippen molar-refractivity contribution in [2.75, 3.05) is 26.9 Å². The molecule has 0 radical (unpaired) electrons. The maximum absolute atomic E-state index is 14.3. The zero-order valence-electron chi connectivity index (χ0n) is 19.2. The molecule has 0 saturated heterocycles. The van der Waals surface area contributed by atoms with E-state index in [-0.39, 0.29) is 12.5 Å². The number of carboxylic acids is 1. The third-order valence-corrected chi connectivity index (χ3v) is 6.60. The van der Waals surface area contributed by atoms with Crippen LogP contribution in [0.3, 0.4) is 0 Å². The lowest BCUT2D eigenvalue weighted by molar-refractivity contribution is -0.149. The van der Waals surface area contributed by atoms with Crippen LogP contribution in [0.25, 0.3) is 11.1 Å². The van der Waals surface area contributed by atoms with Crippen molar-refractivity contribution in [3.63, 3.8) is 0 Å². The second-order valence-corrected chi connectivity index (χ2v) is 9.02. The number of halogens is 2. The van der Waals surface area contributed by atoms with Gasteiger partial charge in [-0.3, -0.25) is 4.79 Å². The highest BCUT2D eigenvalue weighted by Gasteiger charge is 2.72. The summed E-state index contributed by atoms with van der Waals surface area (Å²) in [5.41, 5.74) is 2.31. The van der Waals surface area contributed by atoms with Crippen molar-refractivity contribution in [3.8, 4) is 11.1 Å². The van der Waals surface area contributed by atoms with Crippen LogP contribution < -0.4 is 10.6 Å². The van der Waals surface area contributed by atoms with Gasteiger partial charge in [0, 0.05) is 19.6 Å². The zero-order valence-corrected chi connectivity index (χ0v) is 19.2. The molecule has 2 amide bonds. The topological polar surface area (TPSA) is 114 Å². The Hall–Kier alpha value is -3.53. The molecule has 35 heavy (non-hydrogen) atoms. The van der Waals surface area contributed by atoms with Gasteiger partial charge in [-0.05, 0) is 29.2 Å². The third-order valence-electron chi connectivity index (χ3n) is 6.60. The summed E-state index contributed by atoms with van der Waals surface area (Å²) >= 11 is 0. The molecular formula is C25H26F2N2O6. The standard InChI is InChI=1S/C25H26F2N2O6/c1-24(13-34-2,22(31)32)29-21(30)20-19(25(20,26)27)11-28-23(33)35-12-18-16-9-5-3-7-14(16)15-8-4-6-10-17(15)18/h3-10,18-20H,11-13H2,1-2H3,(H,28,33)(H,29,30)(H,31,32)/t19-,20-,24?/m0/s1. The molecular weight excluding hydrogens is 462 g/mol. The van der Waals surface area contributed by atoms with Crippen LogP contribution in [0.5, 0.6) is 0 Å². The second-order valence-electron chi connectivity index (χ2n) is 9.02. The van der Waals surface area contributed by atoms with Crippen LogP contribution in [0.4, 0.5) is 13.6 Å². The Balaban J connectivity index is 1.32. The van der Waals surface area contributed by atoms with Gasteiger partial charge in [0.15, 0.2) is 5.54 Å². The molecule has 0 bridgehead atoms. The molecule has 10 heteroatoms. The first-order valence-corrected chi connectivity index (χ1v) is 11.1. The van der Waals surface area contributed by atoms with Crippen LogP contribution >= 0.6 is 0 Å². The Labute approximate surface area is 200 Å². The van der Waals surface area contributed by atoms with E-state index >= 15 is 0 Å². The maximum atomic E-state index is 14.3. The fourth-order valence-electron chi connectivity index (χ4n) is 4.63. The SMILES string of the molecule is COCC(C)(NC(=O)[C@@H]1[C@H](CNC(=O)OCC2c3ccccc3-c3ccccc32)C1(F)F)C(=O)O. The van der Waals surface area contributed by atoms with Crippen molar-refractivity contribution in [3.05, 3.63) is 59.7 Å². The fraction of sp³-hybridized carbons (Fsp3) is 0.400. The summed E-state index contributed by atoms with van der Waals surface area (Å²) in [5.74, 6) is -9.31. The molecule has 2 aliphatic rings. The first-order valence-electron chi connectivity index (χ1n) is 11.1. The lowest BCUT2D eigenvalue weighted by Gasteiger charge is -2.25. The van der Waals surface area contributed by atoms with E-state index in [0.29, 0.717) is 0 Å². The van der Waals surface area contributed by atoms with E-state index in [2.05, 4.69) is 10.6 Å². The number of carboxylic acid groups (broad SMARTS) is 1. The number of ether oxygens (including phenoxy) is 2. The van der Waals surface area contributed by atoms with E-state index in [1.165, 1.54) is 14.0 Å². The molecule has 2 aliphatic carbocycles. The van der Waals surface area contributed by atoms with Gasteiger partial charge < -0.3 is 25.2 Å². The third kappa shape index (κ3) is 4.58. The average Bonchev–Trinajstić information content (AvgIpc) is 3.23. The van der Waals surface area contributed by atoms with Gasteiger partial charge in [-0.25, -0.2) is 18.4 Å². The lowest BCUT2D eigenvalue weighted by Crippen LogP contribution is -2.56. The van der Waals surface area contributed by atoms with Gasteiger partial charge in [0.05, 0.1) is 12.5 Å². The highest BCUT2D eigenvalue weighted by Crippen LogP contribution is 2.55. The Morgan fingerprint density at radius 3 is 2.17 bits per heavy atom. The molecule has 0 aromatic heterocycles. The number of carbonyl (C=O) groups is 3. The van der Waals surface area contributed by atoms with Gasteiger partial charge in [-0.1, -0.05) is 48.5 Å². The molecule has 3 N–H and O–H groups in total. The Bertz CT molecular complexity index is 1110. The normalized spacial score (nSPS) is 21.3.